The molecule has 94 valence electrons. The van der Waals surface area contributed by atoms with E-state index < -0.39 is 0 Å². The van der Waals surface area contributed by atoms with Crippen molar-refractivity contribution in [2.75, 3.05) is 5.73 Å². The number of nitrogen functional groups attached to an aromatic ring is 1. The zero-order chi connectivity index (χ0) is 12.5. The number of nitrogens with two attached hydrogens (primary N) is 1. The summed E-state index contributed by atoms with van der Waals surface area (Å²) in [5, 5.41) is 0. The standard InChI is InChI=1S/C15H19N3/c1-2-11-7-3-4-8-12(11)14-15(16)18-10-6-5-9-13(18)17-14/h3-4,7-8H,2,5-6,9-10,16H2,1H3. The predicted octanol–water partition coefficient (Wildman–Crippen LogP) is 3.03. The van der Waals surface area contributed by atoms with Crippen molar-refractivity contribution in [3.8, 4) is 11.3 Å². The van der Waals surface area contributed by atoms with Crippen LogP contribution in [-0.2, 0) is 19.4 Å². The Kier molecular flexibility index (Phi) is 2.82. The van der Waals surface area contributed by atoms with Gasteiger partial charge in [0.25, 0.3) is 0 Å². The molecule has 18 heavy (non-hydrogen) atoms. The second kappa shape index (κ2) is 4.48. The number of aryl methyl sites for hydroxylation is 2. The summed E-state index contributed by atoms with van der Waals surface area (Å²) in [6.07, 6.45) is 4.50. The summed E-state index contributed by atoms with van der Waals surface area (Å²) < 4.78 is 2.19. The third-order valence-corrected chi connectivity index (χ3v) is 3.77. The normalized spacial score (nSPS) is 14.5. The first-order valence-corrected chi connectivity index (χ1v) is 6.74. The molecule has 0 fully saturated rings. The first-order valence-electron chi connectivity index (χ1n) is 6.74. The molecule has 1 aliphatic heterocycles. The van der Waals surface area contributed by atoms with Gasteiger partial charge in [-0.15, -0.1) is 0 Å². The lowest BCUT2D eigenvalue weighted by molar-refractivity contribution is 0.527. The number of fused-ring (bicyclic) bond motifs is 1. The van der Waals surface area contributed by atoms with E-state index in [9.17, 15) is 0 Å². The molecule has 3 heteroatoms. The van der Waals surface area contributed by atoms with E-state index in [4.69, 9.17) is 10.7 Å². The van der Waals surface area contributed by atoms with E-state index in [0.29, 0.717) is 0 Å². The number of nitrogens with zero attached hydrogens (tertiary/aromatic N) is 2. The summed E-state index contributed by atoms with van der Waals surface area (Å²) >= 11 is 0. The Hall–Kier alpha value is -1.77. The third kappa shape index (κ3) is 1.70. The number of aromatic nitrogens is 2. The Morgan fingerprint density at radius 1 is 1.28 bits per heavy atom. The van der Waals surface area contributed by atoms with Crippen LogP contribution >= 0.6 is 0 Å². The maximum Gasteiger partial charge on any atom is 0.131 e. The zero-order valence-electron chi connectivity index (χ0n) is 10.8. The fraction of sp³-hybridized carbons (Fsp3) is 0.400. The molecule has 1 aromatic heterocycles. The van der Waals surface area contributed by atoms with E-state index in [1.807, 2.05) is 0 Å². The molecule has 0 aliphatic carbocycles. The van der Waals surface area contributed by atoms with Gasteiger partial charge in [0.1, 0.15) is 17.3 Å². The summed E-state index contributed by atoms with van der Waals surface area (Å²) in [6, 6.07) is 8.43. The van der Waals surface area contributed by atoms with Crippen LogP contribution in [0, 0.1) is 0 Å². The number of hydrogen-bond acceptors (Lipinski definition) is 2. The lowest BCUT2D eigenvalue weighted by atomic mass is 10.0. The minimum atomic E-state index is 0.839. The summed E-state index contributed by atoms with van der Waals surface area (Å²) in [6.45, 7) is 3.19. The van der Waals surface area contributed by atoms with Crippen molar-refractivity contribution in [2.45, 2.75) is 39.2 Å². The topological polar surface area (TPSA) is 43.8 Å². The largest absolute Gasteiger partial charge is 0.383 e. The van der Waals surface area contributed by atoms with Crippen molar-refractivity contribution in [1.82, 2.24) is 9.55 Å². The number of hydrogen-bond donors (Lipinski definition) is 1. The molecule has 0 saturated carbocycles. The molecule has 2 heterocycles. The van der Waals surface area contributed by atoms with Crippen LogP contribution in [0.15, 0.2) is 24.3 Å². The Morgan fingerprint density at radius 3 is 2.89 bits per heavy atom. The second-order valence-corrected chi connectivity index (χ2v) is 4.88. The first kappa shape index (κ1) is 11.3. The summed E-state index contributed by atoms with van der Waals surface area (Å²) in [5.41, 5.74) is 9.77. The lowest BCUT2D eigenvalue weighted by Gasteiger charge is -2.14. The molecular formula is C15H19N3. The maximum absolute atomic E-state index is 6.28. The zero-order valence-corrected chi connectivity index (χ0v) is 10.8. The Morgan fingerprint density at radius 2 is 2.11 bits per heavy atom. The van der Waals surface area contributed by atoms with Crippen LogP contribution in [0.4, 0.5) is 5.82 Å². The van der Waals surface area contributed by atoms with Crippen molar-refractivity contribution in [1.29, 1.82) is 0 Å². The van der Waals surface area contributed by atoms with Crippen LogP contribution in [0.25, 0.3) is 11.3 Å². The van der Waals surface area contributed by atoms with E-state index in [1.165, 1.54) is 24.0 Å². The van der Waals surface area contributed by atoms with Gasteiger partial charge in [0.05, 0.1) is 0 Å². The number of imidazole rings is 1. The van der Waals surface area contributed by atoms with Gasteiger partial charge in [-0.1, -0.05) is 31.2 Å². The quantitative estimate of drug-likeness (QED) is 0.878. The van der Waals surface area contributed by atoms with Crippen LogP contribution < -0.4 is 5.73 Å². The molecule has 0 unspecified atom stereocenters. The fourth-order valence-electron chi connectivity index (χ4n) is 2.76. The third-order valence-electron chi connectivity index (χ3n) is 3.77. The highest BCUT2D eigenvalue weighted by atomic mass is 15.1. The van der Waals surface area contributed by atoms with Crippen LogP contribution in [0.1, 0.15) is 31.2 Å². The van der Waals surface area contributed by atoms with Crippen molar-refractivity contribution >= 4 is 5.82 Å². The highest BCUT2D eigenvalue weighted by Crippen LogP contribution is 2.31. The van der Waals surface area contributed by atoms with Gasteiger partial charge in [-0.05, 0) is 24.8 Å². The van der Waals surface area contributed by atoms with E-state index in [0.717, 1.165) is 36.7 Å². The minimum Gasteiger partial charge on any atom is -0.383 e. The van der Waals surface area contributed by atoms with Crippen LogP contribution in [0.3, 0.4) is 0 Å². The minimum absolute atomic E-state index is 0.839. The van der Waals surface area contributed by atoms with E-state index >= 15 is 0 Å². The van der Waals surface area contributed by atoms with Crippen LogP contribution in [0.2, 0.25) is 0 Å². The number of benzene rings is 1. The second-order valence-electron chi connectivity index (χ2n) is 4.88. The molecule has 3 nitrogen and oxygen atoms in total. The SMILES string of the molecule is CCc1ccccc1-c1nc2n(c1N)CCCC2. The van der Waals surface area contributed by atoms with Gasteiger partial charge in [-0.2, -0.15) is 0 Å². The molecule has 0 spiro atoms. The van der Waals surface area contributed by atoms with Gasteiger partial charge in [0.15, 0.2) is 0 Å². The van der Waals surface area contributed by atoms with Gasteiger partial charge < -0.3 is 10.3 Å². The lowest BCUT2D eigenvalue weighted by Crippen LogP contribution is -2.12. The van der Waals surface area contributed by atoms with Crippen molar-refractivity contribution in [2.24, 2.45) is 0 Å². The maximum atomic E-state index is 6.28. The van der Waals surface area contributed by atoms with Crippen molar-refractivity contribution < 1.29 is 0 Å². The van der Waals surface area contributed by atoms with Gasteiger partial charge in [-0.3, -0.25) is 0 Å². The Labute approximate surface area is 108 Å². The monoisotopic (exact) mass is 241 g/mol. The average Bonchev–Trinajstić information content (AvgIpc) is 2.76. The first-order chi connectivity index (χ1) is 8.81. The van der Waals surface area contributed by atoms with Gasteiger partial charge in [-0.25, -0.2) is 4.98 Å². The molecule has 0 amide bonds. The van der Waals surface area contributed by atoms with Gasteiger partial charge in [0.2, 0.25) is 0 Å². The van der Waals surface area contributed by atoms with Gasteiger partial charge in [0, 0.05) is 18.5 Å². The Bertz CT molecular complexity index is 569. The summed E-state index contributed by atoms with van der Waals surface area (Å²) in [4.78, 5) is 4.77. The van der Waals surface area contributed by atoms with Crippen molar-refractivity contribution in [3.05, 3.63) is 35.7 Å². The molecule has 3 rings (SSSR count). The number of rotatable bonds is 2. The predicted molar refractivity (Wildman–Crippen MR) is 74.4 cm³/mol. The highest BCUT2D eigenvalue weighted by molar-refractivity contribution is 5.74. The fourth-order valence-corrected chi connectivity index (χ4v) is 2.76. The summed E-state index contributed by atoms with van der Waals surface area (Å²) in [7, 11) is 0. The molecule has 2 N–H and O–H groups in total. The van der Waals surface area contributed by atoms with Gasteiger partial charge >= 0.3 is 0 Å². The molecule has 2 aromatic rings. The van der Waals surface area contributed by atoms with E-state index in [2.05, 4.69) is 35.8 Å². The van der Waals surface area contributed by atoms with E-state index in [-0.39, 0.29) is 0 Å². The summed E-state index contributed by atoms with van der Waals surface area (Å²) in [5.74, 6) is 1.99. The van der Waals surface area contributed by atoms with E-state index in [1.54, 1.807) is 0 Å². The highest BCUT2D eigenvalue weighted by Gasteiger charge is 2.19. The smallest absolute Gasteiger partial charge is 0.131 e. The molecule has 0 radical (unpaired) electrons. The number of anilines is 1. The molecule has 0 bridgehead atoms. The molecule has 0 atom stereocenters. The Balaban J connectivity index is 2.14. The molecular weight excluding hydrogens is 222 g/mol. The molecule has 1 aliphatic rings. The van der Waals surface area contributed by atoms with Crippen LogP contribution in [0.5, 0.6) is 0 Å². The molecule has 0 saturated heterocycles. The average molecular weight is 241 g/mol. The van der Waals surface area contributed by atoms with Crippen LogP contribution in [-0.4, -0.2) is 9.55 Å². The molecule has 1 aromatic carbocycles. The van der Waals surface area contributed by atoms with Crippen molar-refractivity contribution in [3.63, 3.8) is 0 Å².